The quantitative estimate of drug-likeness (QED) is 0.852. The molecule has 0 radical (unpaired) electrons. The predicted molar refractivity (Wildman–Crippen MR) is 62.8 cm³/mol. The van der Waals surface area contributed by atoms with Gasteiger partial charge in [-0.15, -0.1) is 11.3 Å². The van der Waals surface area contributed by atoms with Crippen LogP contribution in [0.2, 0.25) is 0 Å². The third-order valence-electron chi connectivity index (χ3n) is 3.11. The lowest BCUT2D eigenvalue weighted by Crippen LogP contribution is -2.31. The zero-order valence-corrected chi connectivity index (χ0v) is 10.1. The topological polar surface area (TPSA) is 57.5 Å². The van der Waals surface area contributed by atoms with Gasteiger partial charge in [0, 0.05) is 9.75 Å². The van der Waals surface area contributed by atoms with Crippen LogP contribution in [0.4, 0.5) is 0 Å². The normalized spacial score (nSPS) is 24.1. The Balaban J connectivity index is 2.38. The smallest absolute Gasteiger partial charge is 0.306 e. The summed E-state index contributed by atoms with van der Waals surface area (Å²) < 4.78 is 0. The van der Waals surface area contributed by atoms with Crippen LogP contribution in [0, 0.1) is 0 Å². The molecule has 3 nitrogen and oxygen atoms in total. The molecule has 0 saturated carbocycles. The second-order valence-corrected chi connectivity index (χ2v) is 5.51. The summed E-state index contributed by atoms with van der Waals surface area (Å²) in [5.41, 5.74) is 0.0224. The number of carboxylic acids is 1. The fourth-order valence-electron chi connectivity index (χ4n) is 2.34. The van der Waals surface area contributed by atoms with Gasteiger partial charge in [0.2, 0.25) is 0 Å². The van der Waals surface area contributed by atoms with Crippen molar-refractivity contribution in [1.82, 2.24) is 0 Å². The van der Waals surface area contributed by atoms with E-state index in [9.17, 15) is 9.90 Å². The van der Waals surface area contributed by atoms with E-state index in [0.29, 0.717) is 6.42 Å². The van der Waals surface area contributed by atoms with Crippen molar-refractivity contribution >= 4 is 17.3 Å². The molecule has 0 spiro atoms. The number of aliphatic hydroxyl groups is 1. The first-order valence-corrected chi connectivity index (χ1v) is 6.43. The van der Waals surface area contributed by atoms with Crippen LogP contribution in [0.3, 0.4) is 0 Å². The Kier molecular flexibility index (Phi) is 3.04. The summed E-state index contributed by atoms with van der Waals surface area (Å²) >= 11 is 1.57. The Morgan fingerprint density at radius 2 is 2.38 bits per heavy atom. The average Bonchev–Trinajstić information content (AvgIpc) is 2.61. The van der Waals surface area contributed by atoms with Crippen molar-refractivity contribution in [1.29, 1.82) is 0 Å². The maximum atomic E-state index is 10.8. The highest BCUT2D eigenvalue weighted by atomic mass is 32.1. The molecular weight excluding hydrogens is 224 g/mol. The van der Waals surface area contributed by atoms with E-state index < -0.39 is 11.6 Å². The SMILES string of the molecule is CCc1cc2c(s1)C(O)(CC(=O)O)CCC2. The second-order valence-electron chi connectivity index (χ2n) is 4.38. The molecule has 1 aliphatic rings. The Morgan fingerprint density at radius 1 is 1.62 bits per heavy atom. The van der Waals surface area contributed by atoms with Gasteiger partial charge in [-0.2, -0.15) is 0 Å². The lowest BCUT2D eigenvalue weighted by Gasteiger charge is -2.30. The average molecular weight is 240 g/mol. The van der Waals surface area contributed by atoms with E-state index in [2.05, 4.69) is 13.0 Å². The first-order valence-electron chi connectivity index (χ1n) is 5.61. The molecule has 1 unspecified atom stereocenters. The molecule has 1 aromatic heterocycles. The van der Waals surface area contributed by atoms with E-state index in [1.165, 1.54) is 4.88 Å². The van der Waals surface area contributed by atoms with Crippen LogP contribution in [0.1, 0.15) is 41.5 Å². The minimum absolute atomic E-state index is 0.177. The van der Waals surface area contributed by atoms with E-state index >= 15 is 0 Å². The largest absolute Gasteiger partial charge is 0.481 e. The minimum atomic E-state index is -1.13. The number of hydrogen-bond acceptors (Lipinski definition) is 3. The molecule has 0 aromatic carbocycles. The van der Waals surface area contributed by atoms with E-state index in [0.717, 1.165) is 29.7 Å². The highest BCUT2D eigenvalue weighted by Gasteiger charge is 2.38. The van der Waals surface area contributed by atoms with Gasteiger partial charge in [-0.3, -0.25) is 4.79 Å². The van der Waals surface area contributed by atoms with Gasteiger partial charge >= 0.3 is 5.97 Å². The van der Waals surface area contributed by atoms with Crippen LogP contribution in [-0.2, 0) is 23.2 Å². The van der Waals surface area contributed by atoms with Gasteiger partial charge in [-0.05, 0) is 37.3 Å². The van der Waals surface area contributed by atoms with Gasteiger partial charge in [0.1, 0.15) is 5.60 Å². The van der Waals surface area contributed by atoms with E-state index in [-0.39, 0.29) is 6.42 Å². The van der Waals surface area contributed by atoms with Gasteiger partial charge in [0.25, 0.3) is 0 Å². The zero-order chi connectivity index (χ0) is 11.8. The molecule has 0 amide bonds. The summed E-state index contributed by atoms with van der Waals surface area (Å²) in [6, 6.07) is 2.12. The maximum absolute atomic E-state index is 10.8. The molecule has 1 aromatic rings. The van der Waals surface area contributed by atoms with Crippen molar-refractivity contribution in [2.75, 3.05) is 0 Å². The Hall–Kier alpha value is -0.870. The molecule has 0 aliphatic heterocycles. The molecule has 2 N–H and O–H groups in total. The predicted octanol–water partition coefficient (Wildman–Crippen LogP) is 2.31. The Morgan fingerprint density at radius 3 is 3.00 bits per heavy atom. The number of rotatable bonds is 3. The summed E-state index contributed by atoms with van der Waals surface area (Å²) in [4.78, 5) is 12.9. The molecule has 16 heavy (non-hydrogen) atoms. The Labute approximate surface area is 98.7 Å². The minimum Gasteiger partial charge on any atom is -0.481 e. The third kappa shape index (κ3) is 1.99. The number of hydrogen-bond donors (Lipinski definition) is 2. The molecule has 1 atom stereocenters. The summed E-state index contributed by atoms with van der Waals surface area (Å²) in [5, 5.41) is 19.3. The van der Waals surface area contributed by atoms with Crippen molar-refractivity contribution in [3.05, 3.63) is 21.4 Å². The number of carboxylic acid groups (broad SMARTS) is 1. The van der Waals surface area contributed by atoms with Crippen molar-refractivity contribution in [3.63, 3.8) is 0 Å². The maximum Gasteiger partial charge on any atom is 0.306 e. The van der Waals surface area contributed by atoms with Crippen LogP contribution in [0.25, 0.3) is 0 Å². The van der Waals surface area contributed by atoms with Gasteiger partial charge in [-0.25, -0.2) is 0 Å². The number of carbonyl (C=O) groups is 1. The third-order valence-corrected chi connectivity index (χ3v) is 4.63. The van der Waals surface area contributed by atoms with Gasteiger partial charge in [0.15, 0.2) is 0 Å². The van der Waals surface area contributed by atoms with E-state index in [4.69, 9.17) is 5.11 Å². The van der Waals surface area contributed by atoms with Gasteiger partial charge in [-0.1, -0.05) is 6.92 Å². The van der Waals surface area contributed by atoms with Crippen molar-refractivity contribution in [2.45, 2.75) is 44.6 Å². The standard InChI is InChI=1S/C12H16O3S/c1-2-9-6-8-4-3-5-12(15,7-10(13)14)11(8)16-9/h6,15H,2-5,7H2,1H3,(H,13,14). The van der Waals surface area contributed by atoms with Crippen LogP contribution < -0.4 is 0 Å². The lowest BCUT2D eigenvalue weighted by molar-refractivity contribution is -0.143. The van der Waals surface area contributed by atoms with Crippen LogP contribution in [0.5, 0.6) is 0 Å². The molecule has 4 heteroatoms. The number of fused-ring (bicyclic) bond motifs is 1. The highest BCUT2D eigenvalue weighted by Crippen LogP contribution is 2.42. The van der Waals surface area contributed by atoms with Crippen LogP contribution in [0.15, 0.2) is 6.07 Å². The first kappa shape index (κ1) is 11.6. The summed E-state index contributed by atoms with van der Waals surface area (Å²) in [6.45, 7) is 2.08. The molecule has 0 fully saturated rings. The molecule has 1 aliphatic carbocycles. The van der Waals surface area contributed by atoms with Crippen molar-refractivity contribution in [2.24, 2.45) is 0 Å². The number of aliphatic carboxylic acids is 1. The van der Waals surface area contributed by atoms with Crippen molar-refractivity contribution < 1.29 is 15.0 Å². The number of thiophene rings is 1. The van der Waals surface area contributed by atoms with E-state index in [1.54, 1.807) is 11.3 Å². The zero-order valence-electron chi connectivity index (χ0n) is 9.32. The molecule has 1 heterocycles. The fourth-order valence-corrected chi connectivity index (χ4v) is 3.61. The number of aryl methyl sites for hydroxylation is 2. The monoisotopic (exact) mass is 240 g/mol. The molecule has 88 valence electrons. The lowest BCUT2D eigenvalue weighted by atomic mass is 9.83. The highest BCUT2D eigenvalue weighted by molar-refractivity contribution is 7.12. The van der Waals surface area contributed by atoms with Crippen LogP contribution >= 0.6 is 11.3 Å². The van der Waals surface area contributed by atoms with Crippen molar-refractivity contribution in [3.8, 4) is 0 Å². The van der Waals surface area contributed by atoms with Crippen LogP contribution in [-0.4, -0.2) is 16.2 Å². The fraction of sp³-hybridized carbons (Fsp3) is 0.583. The van der Waals surface area contributed by atoms with Gasteiger partial charge in [0.05, 0.1) is 6.42 Å². The molecule has 2 rings (SSSR count). The Bertz CT molecular complexity index is 410. The molecule has 0 bridgehead atoms. The summed E-state index contributed by atoms with van der Waals surface area (Å²) in [5.74, 6) is -0.929. The second kappa shape index (κ2) is 4.18. The van der Waals surface area contributed by atoms with Gasteiger partial charge < -0.3 is 10.2 Å². The first-order chi connectivity index (χ1) is 7.55. The summed E-state index contributed by atoms with van der Waals surface area (Å²) in [7, 11) is 0. The molecule has 0 saturated heterocycles. The molecular formula is C12H16O3S. The summed E-state index contributed by atoms with van der Waals surface area (Å²) in [6.07, 6.45) is 3.17. The van der Waals surface area contributed by atoms with E-state index in [1.807, 2.05) is 0 Å².